The summed E-state index contributed by atoms with van der Waals surface area (Å²) >= 11 is 5.58. The van der Waals surface area contributed by atoms with E-state index in [4.69, 9.17) is 16.3 Å². The molecular formula is C14H8ClF3N4O2. The quantitative estimate of drug-likeness (QED) is 0.772. The van der Waals surface area contributed by atoms with Crippen LogP contribution < -0.4 is 4.74 Å². The fraction of sp³-hybridized carbons (Fsp3) is 0.0714. The molecule has 0 aliphatic rings. The Hall–Kier alpha value is -2.81. The van der Waals surface area contributed by atoms with E-state index in [1.165, 1.54) is 12.1 Å². The van der Waals surface area contributed by atoms with Crippen molar-refractivity contribution in [3.8, 4) is 23.1 Å². The molecule has 0 amide bonds. The Morgan fingerprint density at radius 1 is 1.17 bits per heavy atom. The van der Waals surface area contributed by atoms with Crippen LogP contribution in [0, 0.1) is 0 Å². The van der Waals surface area contributed by atoms with Crippen LogP contribution in [-0.4, -0.2) is 25.1 Å². The molecule has 0 fully saturated rings. The van der Waals surface area contributed by atoms with Gasteiger partial charge in [0.15, 0.2) is 16.7 Å². The van der Waals surface area contributed by atoms with E-state index < -0.39 is 11.7 Å². The molecule has 0 radical (unpaired) electrons. The smallest absolute Gasteiger partial charge is 0.419 e. The van der Waals surface area contributed by atoms with Crippen molar-refractivity contribution < 1.29 is 23.0 Å². The predicted molar refractivity (Wildman–Crippen MR) is 77.3 cm³/mol. The van der Waals surface area contributed by atoms with Crippen LogP contribution in [0.3, 0.4) is 0 Å². The SMILES string of the molecule is Oc1cc(Cl)nnc1Oc1ccccc1-n1cc(C(F)(F)F)cn1. The van der Waals surface area contributed by atoms with Gasteiger partial charge in [-0.05, 0) is 12.1 Å². The summed E-state index contributed by atoms with van der Waals surface area (Å²) in [7, 11) is 0. The van der Waals surface area contributed by atoms with E-state index in [1.807, 2.05) is 0 Å². The predicted octanol–water partition coefficient (Wildman–Crippen LogP) is 3.83. The van der Waals surface area contributed by atoms with Crippen LogP contribution in [0.5, 0.6) is 17.4 Å². The summed E-state index contributed by atoms with van der Waals surface area (Å²) in [4.78, 5) is 0. The van der Waals surface area contributed by atoms with Crippen LogP contribution in [0.1, 0.15) is 5.56 Å². The van der Waals surface area contributed by atoms with Crippen molar-refractivity contribution in [1.29, 1.82) is 0 Å². The molecule has 1 N–H and O–H groups in total. The maximum atomic E-state index is 12.7. The van der Waals surface area contributed by atoms with Crippen LogP contribution >= 0.6 is 11.6 Å². The van der Waals surface area contributed by atoms with Gasteiger partial charge in [-0.3, -0.25) is 0 Å². The Balaban J connectivity index is 1.98. The maximum absolute atomic E-state index is 12.7. The van der Waals surface area contributed by atoms with Gasteiger partial charge in [0, 0.05) is 12.3 Å². The monoisotopic (exact) mass is 356 g/mol. The number of halogens is 4. The number of nitrogens with zero attached hydrogens (tertiary/aromatic N) is 4. The first-order valence-corrected chi connectivity index (χ1v) is 6.84. The van der Waals surface area contributed by atoms with Gasteiger partial charge in [-0.15, -0.1) is 10.2 Å². The van der Waals surface area contributed by atoms with Gasteiger partial charge in [0.05, 0.1) is 11.8 Å². The van der Waals surface area contributed by atoms with E-state index in [-0.39, 0.29) is 28.2 Å². The number of ether oxygens (including phenoxy) is 1. The third-order valence-corrected chi connectivity index (χ3v) is 3.12. The number of hydrogen-bond donors (Lipinski definition) is 1. The topological polar surface area (TPSA) is 73.1 Å². The molecule has 0 saturated heterocycles. The van der Waals surface area contributed by atoms with Crippen molar-refractivity contribution in [2.45, 2.75) is 6.18 Å². The third-order valence-electron chi connectivity index (χ3n) is 2.94. The van der Waals surface area contributed by atoms with Crippen LogP contribution in [0.2, 0.25) is 5.15 Å². The summed E-state index contributed by atoms with van der Waals surface area (Å²) in [5.74, 6) is -0.474. The Morgan fingerprint density at radius 2 is 1.92 bits per heavy atom. The number of aromatic hydroxyl groups is 1. The van der Waals surface area contributed by atoms with E-state index in [0.29, 0.717) is 6.20 Å². The first-order chi connectivity index (χ1) is 11.3. The summed E-state index contributed by atoms with van der Waals surface area (Å²) < 4.78 is 44.6. The van der Waals surface area contributed by atoms with Crippen LogP contribution in [0.15, 0.2) is 42.7 Å². The van der Waals surface area contributed by atoms with Gasteiger partial charge in [-0.2, -0.15) is 18.3 Å². The van der Waals surface area contributed by atoms with Crippen molar-refractivity contribution in [3.63, 3.8) is 0 Å². The molecule has 0 bridgehead atoms. The molecular weight excluding hydrogens is 349 g/mol. The van der Waals surface area contributed by atoms with Gasteiger partial charge in [0.25, 0.3) is 5.88 Å². The zero-order chi connectivity index (χ0) is 17.3. The Labute approximate surface area is 138 Å². The minimum Gasteiger partial charge on any atom is -0.503 e. The van der Waals surface area contributed by atoms with E-state index in [0.717, 1.165) is 16.9 Å². The maximum Gasteiger partial charge on any atom is 0.419 e. The average Bonchev–Trinajstić information content (AvgIpc) is 3.00. The van der Waals surface area contributed by atoms with Crippen molar-refractivity contribution in [2.24, 2.45) is 0 Å². The van der Waals surface area contributed by atoms with E-state index in [2.05, 4.69) is 15.3 Å². The molecule has 124 valence electrons. The minimum absolute atomic E-state index is 0.0324. The molecule has 0 aliphatic carbocycles. The van der Waals surface area contributed by atoms with Crippen molar-refractivity contribution in [3.05, 3.63) is 53.4 Å². The highest BCUT2D eigenvalue weighted by Gasteiger charge is 2.32. The Morgan fingerprint density at radius 3 is 2.58 bits per heavy atom. The first-order valence-electron chi connectivity index (χ1n) is 6.46. The Kier molecular flexibility index (Phi) is 4.02. The molecule has 10 heteroatoms. The lowest BCUT2D eigenvalue weighted by Crippen LogP contribution is -2.03. The molecule has 0 spiro atoms. The fourth-order valence-corrected chi connectivity index (χ4v) is 2.00. The molecule has 6 nitrogen and oxygen atoms in total. The largest absolute Gasteiger partial charge is 0.503 e. The first kappa shape index (κ1) is 16.1. The summed E-state index contributed by atoms with van der Waals surface area (Å²) in [5, 5.41) is 20.5. The van der Waals surface area contributed by atoms with E-state index in [9.17, 15) is 18.3 Å². The summed E-state index contributed by atoms with van der Waals surface area (Å²) in [5.41, 5.74) is -0.671. The lowest BCUT2D eigenvalue weighted by molar-refractivity contribution is -0.137. The molecule has 0 saturated carbocycles. The van der Waals surface area contributed by atoms with Gasteiger partial charge in [-0.25, -0.2) is 4.68 Å². The van der Waals surface area contributed by atoms with E-state index in [1.54, 1.807) is 12.1 Å². The number of rotatable bonds is 3. The molecule has 3 aromatic rings. The molecule has 0 atom stereocenters. The number of hydrogen-bond acceptors (Lipinski definition) is 5. The van der Waals surface area contributed by atoms with Gasteiger partial charge in [0.2, 0.25) is 0 Å². The second-order valence-electron chi connectivity index (χ2n) is 4.60. The average molecular weight is 357 g/mol. The van der Waals surface area contributed by atoms with Crippen molar-refractivity contribution in [2.75, 3.05) is 0 Å². The molecule has 3 rings (SSSR count). The van der Waals surface area contributed by atoms with Gasteiger partial charge in [-0.1, -0.05) is 23.7 Å². The Bertz CT molecular complexity index is 882. The van der Waals surface area contributed by atoms with Gasteiger partial charge >= 0.3 is 6.18 Å². The van der Waals surface area contributed by atoms with Gasteiger partial charge < -0.3 is 9.84 Å². The minimum atomic E-state index is -4.51. The summed E-state index contributed by atoms with van der Waals surface area (Å²) in [6.45, 7) is 0. The molecule has 0 unspecified atom stereocenters. The number of benzene rings is 1. The zero-order valence-corrected chi connectivity index (χ0v) is 12.5. The van der Waals surface area contributed by atoms with Gasteiger partial charge in [0.1, 0.15) is 5.69 Å². The van der Waals surface area contributed by atoms with Crippen molar-refractivity contribution >= 4 is 11.6 Å². The third kappa shape index (κ3) is 3.25. The van der Waals surface area contributed by atoms with Crippen LogP contribution in [0.4, 0.5) is 13.2 Å². The fourth-order valence-electron chi connectivity index (χ4n) is 1.86. The number of alkyl halides is 3. The number of para-hydroxylation sites is 2. The molecule has 0 aliphatic heterocycles. The lowest BCUT2D eigenvalue weighted by Gasteiger charge is -2.10. The highest BCUT2D eigenvalue weighted by atomic mass is 35.5. The van der Waals surface area contributed by atoms with Crippen LogP contribution in [-0.2, 0) is 6.18 Å². The highest BCUT2D eigenvalue weighted by molar-refractivity contribution is 6.29. The normalized spacial score (nSPS) is 11.5. The summed E-state index contributed by atoms with van der Waals surface area (Å²) in [6.07, 6.45) is -2.97. The standard InChI is InChI=1S/C14H8ClF3N4O2/c15-12-5-10(23)13(21-20-12)24-11-4-2-1-3-9(11)22-7-8(6-19-22)14(16,17)18/h1-7H,(H,20,23). The number of aromatic nitrogens is 4. The highest BCUT2D eigenvalue weighted by Crippen LogP contribution is 2.34. The second kappa shape index (κ2) is 6.00. The second-order valence-corrected chi connectivity index (χ2v) is 4.99. The van der Waals surface area contributed by atoms with E-state index >= 15 is 0 Å². The molecule has 2 heterocycles. The van der Waals surface area contributed by atoms with Crippen molar-refractivity contribution in [1.82, 2.24) is 20.0 Å². The summed E-state index contributed by atoms with van der Waals surface area (Å²) in [6, 6.07) is 7.32. The molecule has 24 heavy (non-hydrogen) atoms. The lowest BCUT2D eigenvalue weighted by atomic mass is 10.3. The zero-order valence-electron chi connectivity index (χ0n) is 11.7. The molecule has 1 aromatic carbocycles. The van der Waals surface area contributed by atoms with Crippen LogP contribution in [0.25, 0.3) is 5.69 Å². The molecule has 2 aromatic heterocycles.